The number of nitrogens with one attached hydrogen (secondary N) is 3. The SMILES string of the molecule is CC/C(=C/C1=CNCN1)CCNCC/C=C(\C)N(CC)C(=O)OC. The fraction of sp³-hybridized carbons (Fsp3) is 0.611. The van der Waals surface area contributed by atoms with Gasteiger partial charge in [0.1, 0.15) is 0 Å². The molecule has 1 aliphatic rings. The Bertz CT molecular complexity index is 483. The van der Waals surface area contributed by atoms with Crippen LogP contribution in [-0.2, 0) is 4.74 Å². The van der Waals surface area contributed by atoms with Gasteiger partial charge in [-0.3, -0.25) is 4.90 Å². The molecule has 1 heterocycles. The van der Waals surface area contributed by atoms with E-state index < -0.39 is 0 Å². The van der Waals surface area contributed by atoms with Crippen molar-refractivity contribution in [2.75, 3.05) is 33.4 Å². The van der Waals surface area contributed by atoms with Gasteiger partial charge in [-0.2, -0.15) is 0 Å². The Hall–Kier alpha value is -1.95. The van der Waals surface area contributed by atoms with E-state index in [2.05, 4.69) is 35.0 Å². The van der Waals surface area contributed by atoms with Crippen LogP contribution in [0.3, 0.4) is 0 Å². The highest BCUT2D eigenvalue weighted by molar-refractivity contribution is 5.69. The first kappa shape index (κ1) is 20.1. The fourth-order valence-electron chi connectivity index (χ4n) is 2.53. The molecule has 0 fully saturated rings. The van der Waals surface area contributed by atoms with Crippen LogP contribution in [-0.4, -0.2) is 44.4 Å². The summed E-state index contributed by atoms with van der Waals surface area (Å²) in [5.74, 6) is 0. The van der Waals surface area contributed by atoms with Crippen LogP contribution in [0.25, 0.3) is 0 Å². The Labute approximate surface area is 146 Å². The molecule has 1 amide bonds. The first-order valence-electron chi connectivity index (χ1n) is 8.72. The molecule has 0 saturated carbocycles. The molecule has 0 spiro atoms. The average molecular weight is 336 g/mol. The summed E-state index contributed by atoms with van der Waals surface area (Å²) in [6, 6.07) is 0. The number of rotatable bonds is 10. The molecule has 1 rings (SSSR count). The Kier molecular flexibility index (Phi) is 9.68. The lowest BCUT2D eigenvalue weighted by atomic mass is 10.1. The minimum absolute atomic E-state index is 0.304. The number of hydrogen-bond donors (Lipinski definition) is 3. The quantitative estimate of drug-likeness (QED) is 0.535. The smallest absolute Gasteiger partial charge is 0.413 e. The lowest BCUT2D eigenvalue weighted by Gasteiger charge is -2.19. The zero-order chi connectivity index (χ0) is 17.8. The number of methoxy groups -OCH3 is 1. The summed E-state index contributed by atoms with van der Waals surface area (Å²) in [6.07, 6.45) is 9.00. The maximum atomic E-state index is 11.6. The number of amides is 1. The second-order valence-corrected chi connectivity index (χ2v) is 5.66. The van der Waals surface area contributed by atoms with Crippen LogP contribution in [0.2, 0.25) is 0 Å². The normalized spacial score (nSPS) is 14.8. The number of ether oxygens (including phenoxy) is 1. The van der Waals surface area contributed by atoms with Crippen LogP contribution in [0.5, 0.6) is 0 Å². The van der Waals surface area contributed by atoms with Gasteiger partial charge in [0.15, 0.2) is 0 Å². The van der Waals surface area contributed by atoms with Crippen LogP contribution in [0.15, 0.2) is 35.3 Å². The molecule has 24 heavy (non-hydrogen) atoms. The zero-order valence-electron chi connectivity index (χ0n) is 15.4. The van der Waals surface area contributed by atoms with E-state index in [9.17, 15) is 4.79 Å². The third-order valence-electron chi connectivity index (χ3n) is 3.99. The van der Waals surface area contributed by atoms with Crippen molar-refractivity contribution in [3.63, 3.8) is 0 Å². The van der Waals surface area contributed by atoms with E-state index in [0.29, 0.717) is 6.54 Å². The van der Waals surface area contributed by atoms with Crippen LogP contribution >= 0.6 is 0 Å². The average Bonchev–Trinajstić information content (AvgIpc) is 3.10. The van der Waals surface area contributed by atoms with E-state index >= 15 is 0 Å². The zero-order valence-corrected chi connectivity index (χ0v) is 15.4. The topological polar surface area (TPSA) is 65.6 Å². The number of allylic oxidation sites excluding steroid dienone is 2. The van der Waals surface area contributed by atoms with Gasteiger partial charge in [0, 0.05) is 18.4 Å². The Balaban J connectivity index is 2.27. The second kappa shape index (κ2) is 11.6. The fourth-order valence-corrected chi connectivity index (χ4v) is 2.53. The Morgan fingerprint density at radius 3 is 2.79 bits per heavy atom. The van der Waals surface area contributed by atoms with Crippen molar-refractivity contribution in [2.24, 2.45) is 0 Å². The number of carbonyl (C=O) groups is 1. The molecule has 136 valence electrons. The molecule has 6 heteroatoms. The molecule has 3 N–H and O–H groups in total. The molecule has 0 aromatic heterocycles. The van der Waals surface area contributed by atoms with Gasteiger partial charge in [0.25, 0.3) is 0 Å². The molecule has 0 atom stereocenters. The summed E-state index contributed by atoms with van der Waals surface area (Å²) in [4.78, 5) is 13.2. The summed E-state index contributed by atoms with van der Waals surface area (Å²) in [5, 5.41) is 9.88. The van der Waals surface area contributed by atoms with E-state index in [-0.39, 0.29) is 6.09 Å². The third-order valence-corrected chi connectivity index (χ3v) is 3.99. The van der Waals surface area contributed by atoms with Crippen LogP contribution in [0.1, 0.15) is 40.0 Å². The molecular formula is C18H32N4O2. The van der Waals surface area contributed by atoms with E-state index in [4.69, 9.17) is 4.74 Å². The van der Waals surface area contributed by atoms with Crippen LogP contribution in [0, 0.1) is 0 Å². The predicted octanol–water partition coefficient (Wildman–Crippen LogP) is 2.68. The summed E-state index contributed by atoms with van der Waals surface area (Å²) < 4.78 is 4.77. The molecule has 0 unspecified atom stereocenters. The molecule has 0 aromatic rings. The van der Waals surface area contributed by atoms with E-state index in [0.717, 1.165) is 50.4 Å². The number of hydrogen-bond acceptors (Lipinski definition) is 5. The molecule has 0 aliphatic carbocycles. The van der Waals surface area contributed by atoms with Crippen LogP contribution < -0.4 is 16.0 Å². The summed E-state index contributed by atoms with van der Waals surface area (Å²) in [5.41, 5.74) is 3.53. The minimum Gasteiger partial charge on any atom is -0.452 e. The van der Waals surface area contributed by atoms with Crippen molar-refractivity contribution >= 4 is 6.09 Å². The Morgan fingerprint density at radius 1 is 1.42 bits per heavy atom. The molecule has 0 bridgehead atoms. The Morgan fingerprint density at radius 2 is 2.21 bits per heavy atom. The highest BCUT2D eigenvalue weighted by Gasteiger charge is 2.12. The van der Waals surface area contributed by atoms with Gasteiger partial charge in [-0.25, -0.2) is 4.79 Å². The lowest BCUT2D eigenvalue weighted by molar-refractivity contribution is 0.137. The largest absolute Gasteiger partial charge is 0.452 e. The maximum Gasteiger partial charge on any atom is 0.413 e. The summed E-state index contributed by atoms with van der Waals surface area (Å²) in [7, 11) is 1.41. The number of nitrogens with zero attached hydrogens (tertiary/aromatic N) is 1. The first-order chi connectivity index (χ1) is 11.6. The van der Waals surface area contributed by atoms with E-state index in [1.54, 1.807) is 4.90 Å². The standard InChI is InChI=1S/C18H32N4O2/c1-5-16(12-17-13-20-14-21-17)9-11-19-10-7-8-15(3)22(6-2)18(23)24-4/h8,12-13,19-21H,5-7,9-11,14H2,1-4H3/b15-8+,16-12-. The van der Waals surface area contributed by atoms with E-state index in [1.807, 2.05) is 20.0 Å². The predicted molar refractivity (Wildman–Crippen MR) is 98.2 cm³/mol. The van der Waals surface area contributed by atoms with Crippen molar-refractivity contribution in [2.45, 2.75) is 40.0 Å². The molecule has 1 aliphatic heterocycles. The lowest BCUT2D eigenvalue weighted by Crippen LogP contribution is -2.29. The molecular weight excluding hydrogens is 304 g/mol. The van der Waals surface area contributed by atoms with Gasteiger partial charge in [-0.1, -0.05) is 18.6 Å². The maximum absolute atomic E-state index is 11.6. The molecule has 0 radical (unpaired) electrons. The van der Waals surface area contributed by atoms with Crippen LogP contribution in [0.4, 0.5) is 4.79 Å². The van der Waals surface area contributed by atoms with Gasteiger partial charge in [0.2, 0.25) is 0 Å². The first-order valence-corrected chi connectivity index (χ1v) is 8.72. The van der Waals surface area contributed by atoms with Crippen molar-refractivity contribution in [3.8, 4) is 0 Å². The van der Waals surface area contributed by atoms with Gasteiger partial charge in [-0.15, -0.1) is 0 Å². The van der Waals surface area contributed by atoms with Gasteiger partial charge >= 0.3 is 6.09 Å². The van der Waals surface area contributed by atoms with Crippen molar-refractivity contribution in [3.05, 3.63) is 35.3 Å². The highest BCUT2D eigenvalue weighted by Crippen LogP contribution is 2.10. The third kappa shape index (κ3) is 7.08. The second-order valence-electron chi connectivity index (χ2n) is 5.66. The summed E-state index contributed by atoms with van der Waals surface area (Å²) >= 11 is 0. The van der Waals surface area contributed by atoms with Gasteiger partial charge < -0.3 is 20.7 Å². The van der Waals surface area contributed by atoms with Crippen molar-refractivity contribution in [1.29, 1.82) is 0 Å². The van der Waals surface area contributed by atoms with Gasteiger partial charge in [-0.05, 0) is 52.3 Å². The number of carbonyl (C=O) groups excluding carboxylic acids is 1. The van der Waals surface area contributed by atoms with Gasteiger partial charge in [0.05, 0.1) is 19.5 Å². The minimum atomic E-state index is -0.304. The van der Waals surface area contributed by atoms with Crippen molar-refractivity contribution in [1.82, 2.24) is 20.9 Å². The molecule has 0 saturated heterocycles. The molecule has 6 nitrogen and oxygen atoms in total. The summed E-state index contributed by atoms with van der Waals surface area (Å²) in [6.45, 7) is 9.35. The monoisotopic (exact) mass is 336 g/mol. The molecule has 0 aromatic carbocycles. The van der Waals surface area contributed by atoms with E-state index in [1.165, 1.54) is 12.7 Å². The van der Waals surface area contributed by atoms with Crippen molar-refractivity contribution < 1.29 is 9.53 Å². The highest BCUT2D eigenvalue weighted by atomic mass is 16.5.